The van der Waals surface area contributed by atoms with Crippen LogP contribution in [0.4, 0.5) is 10.5 Å². The van der Waals surface area contributed by atoms with Gasteiger partial charge in [0.1, 0.15) is 5.60 Å². The second kappa shape index (κ2) is 6.52. The Labute approximate surface area is 150 Å². The summed E-state index contributed by atoms with van der Waals surface area (Å²) in [5.74, 6) is 0. The largest absolute Gasteiger partial charge is 0.440 e. The minimum absolute atomic E-state index is 0.244. The molecule has 1 unspecified atom stereocenters. The Kier molecular flexibility index (Phi) is 4.36. The highest BCUT2D eigenvalue weighted by Crippen LogP contribution is 2.32. The van der Waals surface area contributed by atoms with Crippen molar-refractivity contribution in [3.8, 4) is 0 Å². The highest BCUT2D eigenvalue weighted by Gasteiger charge is 2.45. The van der Waals surface area contributed by atoms with E-state index in [1.54, 1.807) is 0 Å². The van der Waals surface area contributed by atoms with Crippen LogP contribution >= 0.6 is 0 Å². The van der Waals surface area contributed by atoms with Gasteiger partial charge in [0, 0.05) is 31.4 Å². The van der Waals surface area contributed by atoms with Gasteiger partial charge in [0.15, 0.2) is 0 Å². The molecule has 25 heavy (non-hydrogen) atoms. The van der Waals surface area contributed by atoms with E-state index in [-0.39, 0.29) is 11.7 Å². The molecule has 0 aliphatic carbocycles. The third-order valence-electron chi connectivity index (χ3n) is 6.33. The normalized spacial score (nSPS) is 28.2. The van der Waals surface area contributed by atoms with Gasteiger partial charge in [-0.15, -0.1) is 0 Å². The van der Waals surface area contributed by atoms with Gasteiger partial charge < -0.3 is 15.0 Å². The predicted molar refractivity (Wildman–Crippen MR) is 99.2 cm³/mol. The van der Waals surface area contributed by atoms with Gasteiger partial charge in [-0.25, -0.2) is 4.79 Å². The summed E-state index contributed by atoms with van der Waals surface area (Å²) in [5.41, 5.74) is 3.89. The van der Waals surface area contributed by atoms with Gasteiger partial charge in [0.2, 0.25) is 0 Å². The molecule has 1 aromatic rings. The first-order chi connectivity index (χ1) is 12.1. The lowest BCUT2D eigenvalue weighted by atomic mass is 9.90. The molecule has 0 radical (unpaired) electrons. The highest BCUT2D eigenvalue weighted by molar-refractivity contribution is 5.70. The third kappa shape index (κ3) is 3.22. The van der Waals surface area contributed by atoms with Crippen LogP contribution in [-0.2, 0) is 4.74 Å². The summed E-state index contributed by atoms with van der Waals surface area (Å²) in [6.45, 7) is 9.33. The van der Waals surface area contributed by atoms with Crippen LogP contribution in [0.1, 0.15) is 36.8 Å². The summed E-state index contributed by atoms with van der Waals surface area (Å²) < 4.78 is 5.63. The highest BCUT2D eigenvalue weighted by atomic mass is 16.6. The van der Waals surface area contributed by atoms with E-state index in [9.17, 15) is 4.79 Å². The zero-order valence-electron chi connectivity index (χ0n) is 15.4. The molecule has 1 atom stereocenters. The summed E-state index contributed by atoms with van der Waals surface area (Å²) in [4.78, 5) is 16.6. The van der Waals surface area contributed by atoms with Crippen molar-refractivity contribution in [1.82, 2.24) is 10.2 Å². The second-order valence-electron chi connectivity index (χ2n) is 7.94. The van der Waals surface area contributed by atoms with Crippen molar-refractivity contribution in [2.45, 2.75) is 51.2 Å². The SMILES string of the molecule is Cc1cccc(N2CCC(N3CCCC4(CNC(=O)O4)C3)CC2)c1C. The molecule has 0 aromatic heterocycles. The zero-order chi connectivity index (χ0) is 17.4. The van der Waals surface area contributed by atoms with E-state index in [0.29, 0.717) is 12.6 Å². The van der Waals surface area contributed by atoms with Crippen molar-refractivity contribution in [1.29, 1.82) is 0 Å². The first-order valence-corrected chi connectivity index (χ1v) is 9.58. The van der Waals surface area contributed by atoms with E-state index >= 15 is 0 Å². The second-order valence-corrected chi connectivity index (χ2v) is 7.94. The number of anilines is 1. The number of amides is 1. The lowest BCUT2D eigenvalue weighted by Crippen LogP contribution is -2.55. The van der Waals surface area contributed by atoms with Crippen LogP contribution in [0.5, 0.6) is 0 Å². The van der Waals surface area contributed by atoms with Gasteiger partial charge in [-0.1, -0.05) is 12.1 Å². The van der Waals surface area contributed by atoms with Crippen LogP contribution in [0.15, 0.2) is 18.2 Å². The molecule has 3 saturated heterocycles. The van der Waals surface area contributed by atoms with E-state index in [4.69, 9.17) is 4.74 Å². The summed E-state index contributed by atoms with van der Waals surface area (Å²) in [7, 11) is 0. The maximum absolute atomic E-state index is 11.5. The van der Waals surface area contributed by atoms with E-state index in [2.05, 4.69) is 47.2 Å². The molecule has 1 aromatic carbocycles. The Bertz CT molecular complexity index is 654. The van der Waals surface area contributed by atoms with Crippen molar-refractivity contribution < 1.29 is 9.53 Å². The fraction of sp³-hybridized carbons (Fsp3) is 0.650. The summed E-state index contributed by atoms with van der Waals surface area (Å²) in [6, 6.07) is 7.22. The molecule has 0 bridgehead atoms. The molecular weight excluding hydrogens is 314 g/mol. The monoisotopic (exact) mass is 343 g/mol. The average Bonchev–Trinajstić information content (AvgIpc) is 2.97. The number of aryl methyl sites for hydroxylation is 1. The summed E-state index contributed by atoms with van der Waals surface area (Å²) in [5, 5.41) is 2.85. The van der Waals surface area contributed by atoms with E-state index in [0.717, 1.165) is 39.0 Å². The average molecular weight is 343 g/mol. The van der Waals surface area contributed by atoms with Crippen LogP contribution < -0.4 is 10.2 Å². The maximum Gasteiger partial charge on any atom is 0.407 e. The van der Waals surface area contributed by atoms with Gasteiger partial charge in [0.05, 0.1) is 6.54 Å². The number of nitrogens with one attached hydrogen (secondary N) is 1. The number of rotatable bonds is 2. The molecule has 1 amide bonds. The number of nitrogens with zero attached hydrogens (tertiary/aromatic N) is 2. The number of ether oxygens (including phenoxy) is 1. The van der Waals surface area contributed by atoms with E-state index in [1.807, 2.05) is 0 Å². The Balaban J connectivity index is 1.38. The van der Waals surface area contributed by atoms with Crippen molar-refractivity contribution in [3.05, 3.63) is 29.3 Å². The Morgan fingerprint density at radius 2 is 2.00 bits per heavy atom. The Hall–Kier alpha value is -1.75. The Morgan fingerprint density at radius 1 is 1.20 bits per heavy atom. The van der Waals surface area contributed by atoms with Crippen LogP contribution in [0.2, 0.25) is 0 Å². The van der Waals surface area contributed by atoms with Gasteiger partial charge in [-0.2, -0.15) is 0 Å². The number of benzene rings is 1. The molecule has 136 valence electrons. The van der Waals surface area contributed by atoms with Crippen LogP contribution in [0.25, 0.3) is 0 Å². The predicted octanol–water partition coefficient (Wildman–Crippen LogP) is 2.85. The molecule has 4 rings (SSSR count). The number of hydrogen-bond acceptors (Lipinski definition) is 4. The maximum atomic E-state index is 11.5. The van der Waals surface area contributed by atoms with Gasteiger partial charge in [-0.05, 0) is 63.3 Å². The lowest BCUT2D eigenvalue weighted by molar-refractivity contribution is -0.0258. The molecule has 3 aliphatic rings. The van der Waals surface area contributed by atoms with Crippen LogP contribution in [0, 0.1) is 13.8 Å². The first-order valence-electron chi connectivity index (χ1n) is 9.58. The molecule has 5 heteroatoms. The van der Waals surface area contributed by atoms with Crippen molar-refractivity contribution >= 4 is 11.8 Å². The first kappa shape index (κ1) is 16.7. The quantitative estimate of drug-likeness (QED) is 0.897. The van der Waals surface area contributed by atoms with Gasteiger partial charge in [-0.3, -0.25) is 4.90 Å². The van der Waals surface area contributed by atoms with Gasteiger partial charge in [0.25, 0.3) is 0 Å². The molecule has 5 nitrogen and oxygen atoms in total. The Morgan fingerprint density at radius 3 is 2.72 bits per heavy atom. The van der Waals surface area contributed by atoms with Crippen molar-refractivity contribution in [2.75, 3.05) is 37.6 Å². The van der Waals surface area contributed by atoms with Crippen molar-refractivity contribution in [2.24, 2.45) is 0 Å². The number of piperidine rings is 2. The minimum atomic E-state index is -0.278. The lowest BCUT2D eigenvalue weighted by Gasteiger charge is -2.45. The number of alkyl carbamates (subject to hydrolysis) is 1. The topological polar surface area (TPSA) is 44.8 Å². The van der Waals surface area contributed by atoms with Crippen LogP contribution in [0.3, 0.4) is 0 Å². The summed E-state index contributed by atoms with van der Waals surface area (Å²) in [6.07, 6.45) is 4.23. The van der Waals surface area contributed by atoms with E-state index < -0.39 is 0 Å². The fourth-order valence-electron chi connectivity index (χ4n) is 4.72. The zero-order valence-corrected chi connectivity index (χ0v) is 15.4. The van der Waals surface area contributed by atoms with E-state index in [1.165, 1.54) is 29.7 Å². The molecule has 3 fully saturated rings. The smallest absolute Gasteiger partial charge is 0.407 e. The molecule has 1 spiro atoms. The molecule has 1 N–H and O–H groups in total. The third-order valence-corrected chi connectivity index (χ3v) is 6.33. The fourth-order valence-corrected chi connectivity index (χ4v) is 4.72. The molecular formula is C20H29N3O2. The number of hydrogen-bond donors (Lipinski definition) is 1. The number of likely N-dealkylation sites (tertiary alicyclic amines) is 1. The summed E-state index contributed by atoms with van der Waals surface area (Å²) >= 11 is 0. The molecule has 3 aliphatic heterocycles. The van der Waals surface area contributed by atoms with Crippen LogP contribution in [-0.4, -0.2) is 55.4 Å². The van der Waals surface area contributed by atoms with Gasteiger partial charge >= 0.3 is 6.09 Å². The molecule has 0 saturated carbocycles. The van der Waals surface area contributed by atoms with Crippen molar-refractivity contribution in [3.63, 3.8) is 0 Å². The minimum Gasteiger partial charge on any atom is -0.440 e. The standard InChI is InChI=1S/C20H29N3O2/c1-15-5-3-6-18(16(15)2)22-11-7-17(8-12-22)23-10-4-9-20(14-23)13-21-19(24)25-20/h3,5-6,17H,4,7-14H2,1-2H3,(H,21,24). The number of carbonyl (C=O) groups excluding carboxylic acids is 1. The number of carbonyl (C=O) groups is 1. The molecule has 3 heterocycles.